The van der Waals surface area contributed by atoms with Gasteiger partial charge in [-0.15, -0.1) is 0 Å². The SMILES string of the molecule is CCN(Cc1ccc2c(c1)OCCO2)C(=O)c1ccc(-n2nccc2C)cc1. The Morgan fingerprint density at radius 3 is 2.50 bits per heavy atom. The van der Waals surface area contributed by atoms with Crippen molar-refractivity contribution >= 4 is 5.91 Å². The van der Waals surface area contributed by atoms with Gasteiger partial charge in [0.2, 0.25) is 0 Å². The second-order valence-electron chi connectivity index (χ2n) is 6.73. The quantitative estimate of drug-likeness (QED) is 0.682. The normalized spacial score (nSPS) is 12.6. The number of aryl methyl sites for hydroxylation is 1. The summed E-state index contributed by atoms with van der Waals surface area (Å²) in [6.07, 6.45) is 1.76. The molecule has 0 aliphatic carbocycles. The van der Waals surface area contributed by atoms with Crippen LogP contribution < -0.4 is 9.47 Å². The van der Waals surface area contributed by atoms with Crippen molar-refractivity contribution < 1.29 is 14.3 Å². The molecule has 2 heterocycles. The second kappa shape index (κ2) is 7.76. The Hall–Kier alpha value is -3.28. The molecular weight excluding hydrogens is 354 g/mol. The Morgan fingerprint density at radius 1 is 1.07 bits per heavy atom. The molecule has 0 spiro atoms. The molecule has 0 fully saturated rings. The molecule has 1 aliphatic heterocycles. The number of rotatable bonds is 5. The van der Waals surface area contributed by atoms with Gasteiger partial charge in [0.15, 0.2) is 11.5 Å². The molecule has 4 rings (SSSR count). The van der Waals surface area contributed by atoms with E-state index in [0.717, 1.165) is 28.4 Å². The monoisotopic (exact) mass is 377 g/mol. The summed E-state index contributed by atoms with van der Waals surface area (Å²) < 4.78 is 13.1. The van der Waals surface area contributed by atoms with Crippen molar-refractivity contribution in [1.29, 1.82) is 0 Å². The molecule has 0 unspecified atom stereocenters. The third kappa shape index (κ3) is 3.58. The van der Waals surface area contributed by atoms with Crippen molar-refractivity contribution in [2.24, 2.45) is 0 Å². The lowest BCUT2D eigenvalue weighted by Crippen LogP contribution is -2.30. The van der Waals surface area contributed by atoms with Gasteiger partial charge in [0, 0.05) is 30.5 Å². The number of hydrogen-bond donors (Lipinski definition) is 0. The van der Waals surface area contributed by atoms with Crippen LogP contribution in [-0.4, -0.2) is 40.3 Å². The van der Waals surface area contributed by atoms with E-state index in [1.165, 1.54) is 0 Å². The average Bonchev–Trinajstić information content (AvgIpc) is 3.17. The Morgan fingerprint density at radius 2 is 1.82 bits per heavy atom. The molecule has 1 aliphatic rings. The summed E-state index contributed by atoms with van der Waals surface area (Å²) in [5.74, 6) is 1.50. The van der Waals surface area contributed by atoms with Crippen LogP contribution in [0.4, 0.5) is 0 Å². The number of hydrogen-bond acceptors (Lipinski definition) is 4. The standard InChI is InChI=1S/C22H23N3O3/c1-3-24(15-17-4-9-20-21(14-17)28-13-12-27-20)22(26)18-5-7-19(8-6-18)25-16(2)10-11-23-25/h4-11,14H,3,12-13,15H2,1-2H3. The molecule has 0 saturated carbocycles. The van der Waals surface area contributed by atoms with Gasteiger partial charge in [-0.2, -0.15) is 5.10 Å². The van der Waals surface area contributed by atoms with Gasteiger partial charge in [0.1, 0.15) is 13.2 Å². The summed E-state index contributed by atoms with van der Waals surface area (Å²) in [7, 11) is 0. The Labute approximate surface area is 164 Å². The van der Waals surface area contributed by atoms with E-state index in [-0.39, 0.29) is 5.91 Å². The first-order valence-corrected chi connectivity index (χ1v) is 9.44. The topological polar surface area (TPSA) is 56.6 Å². The van der Waals surface area contributed by atoms with Crippen LogP contribution in [0.1, 0.15) is 28.5 Å². The number of aromatic nitrogens is 2. The first-order valence-electron chi connectivity index (χ1n) is 9.44. The fraction of sp³-hybridized carbons (Fsp3) is 0.273. The Kier molecular flexibility index (Phi) is 5.02. The molecule has 0 atom stereocenters. The fourth-order valence-electron chi connectivity index (χ4n) is 3.30. The largest absolute Gasteiger partial charge is 0.486 e. The van der Waals surface area contributed by atoms with Gasteiger partial charge in [-0.25, -0.2) is 4.68 Å². The van der Waals surface area contributed by atoms with Gasteiger partial charge in [-0.1, -0.05) is 6.07 Å². The minimum atomic E-state index is 0.00104. The van der Waals surface area contributed by atoms with E-state index in [9.17, 15) is 4.79 Å². The summed E-state index contributed by atoms with van der Waals surface area (Å²) in [4.78, 5) is 14.8. The smallest absolute Gasteiger partial charge is 0.254 e. The fourth-order valence-corrected chi connectivity index (χ4v) is 3.30. The minimum Gasteiger partial charge on any atom is -0.486 e. The van der Waals surface area contributed by atoms with E-state index in [2.05, 4.69) is 5.10 Å². The number of carbonyl (C=O) groups is 1. The molecular formula is C22H23N3O3. The lowest BCUT2D eigenvalue weighted by Gasteiger charge is -2.23. The lowest BCUT2D eigenvalue weighted by atomic mass is 10.1. The van der Waals surface area contributed by atoms with E-state index >= 15 is 0 Å². The van der Waals surface area contributed by atoms with Crippen molar-refractivity contribution in [2.75, 3.05) is 19.8 Å². The highest BCUT2D eigenvalue weighted by Crippen LogP contribution is 2.31. The third-order valence-electron chi connectivity index (χ3n) is 4.84. The molecule has 0 radical (unpaired) electrons. The number of amides is 1. The van der Waals surface area contributed by atoms with Crippen LogP contribution in [0.5, 0.6) is 11.5 Å². The van der Waals surface area contributed by atoms with Crippen LogP contribution in [0.2, 0.25) is 0 Å². The first kappa shape index (κ1) is 18.1. The lowest BCUT2D eigenvalue weighted by molar-refractivity contribution is 0.0752. The molecule has 28 heavy (non-hydrogen) atoms. The number of ether oxygens (including phenoxy) is 2. The summed E-state index contributed by atoms with van der Waals surface area (Å²) in [6.45, 7) is 6.24. The Bertz CT molecular complexity index is 979. The first-order chi connectivity index (χ1) is 13.7. The average molecular weight is 377 g/mol. The highest BCUT2D eigenvalue weighted by atomic mass is 16.6. The van der Waals surface area contributed by atoms with E-state index in [1.807, 2.05) is 72.0 Å². The van der Waals surface area contributed by atoms with Gasteiger partial charge >= 0.3 is 0 Å². The minimum absolute atomic E-state index is 0.00104. The molecule has 144 valence electrons. The van der Waals surface area contributed by atoms with E-state index in [4.69, 9.17) is 9.47 Å². The number of benzene rings is 2. The van der Waals surface area contributed by atoms with E-state index in [0.29, 0.717) is 31.9 Å². The van der Waals surface area contributed by atoms with Crippen molar-refractivity contribution in [3.63, 3.8) is 0 Å². The predicted molar refractivity (Wildman–Crippen MR) is 106 cm³/mol. The number of carbonyl (C=O) groups excluding carboxylic acids is 1. The van der Waals surface area contributed by atoms with Crippen LogP contribution in [-0.2, 0) is 6.54 Å². The highest BCUT2D eigenvalue weighted by Gasteiger charge is 2.17. The van der Waals surface area contributed by atoms with Crippen LogP contribution >= 0.6 is 0 Å². The third-order valence-corrected chi connectivity index (χ3v) is 4.84. The van der Waals surface area contributed by atoms with E-state index < -0.39 is 0 Å². The van der Waals surface area contributed by atoms with Crippen LogP contribution in [0.15, 0.2) is 54.7 Å². The molecule has 6 nitrogen and oxygen atoms in total. The molecule has 1 aromatic heterocycles. The zero-order valence-electron chi connectivity index (χ0n) is 16.1. The maximum atomic E-state index is 13.0. The summed E-state index contributed by atoms with van der Waals surface area (Å²) >= 11 is 0. The van der Waals surface area contributed by atoms with E-state index in [1.54, 1.807) is 6.20 Å². The highest BCUT2D eigenvalue weighted by molar-refractivity contribution is 5.94. The van der Waals surface area contributed by atoms with Crippen molar-refractivity contribution in [2.45, 2.75) is 20.4 Å². The zero-order valence-corrected chi connectivity index (χ0v) is 16.1. The predicted octanol–water partition coefficient (Wildman–Crippen LogP) is 3.61. The summed E-state index contributed by atoms with van der Waals surface area (Å²) in [6, 6.07) is 15.3. The molecule has 0 bridgehead atoms. The van der Waals surface area contributed by atoms with Gasteiger partial charge in [0.05, 0.1) is 5.69 Å². The van der Waals surface area contributed by atoms with Gasteiger partial charge in [-0.3, -0.25) is 4.79 Å². The maximum Gasteiger partial charge on any atom is 0.254 e. The zero-order chi connectivity index (χ0) is 19.5. The van der Waals surface area contributed by atoms with Gasteiger partial charge in [-0.05, 0) is 61.9 Å². The molecule has 3 aromatic rings. The van der Waals surface area contributed by atoms with Crippen molar-refractivity contribution in [1.82, 2.24) is 14.7 Å². The maximum absolute atomic E-state index is 13.0. The Balaban J connectivity index is 1.50. The van der Waals surface area contributed by atoms with Crippen LogP contribution in [0, 0.1) is 6.92 Å². The molecule has 0 N–H and O–H groups in total. The molecule has 0 saturated heterocycles. The van der Waals surface area contributed by atoms with Gasteiger partial charge in [0.25, 0.3) is 5.91 Å². The van der Waals surface area contributed by atoms with Crippen LogP contribution in [0.3, 0.4) is 0 Å². The number of fused-ring (bicyclic) bond motifs is 1. The summed E-state index contributed by atoms with van der Waals surface area (Å²) in [5, 5.41) is 4.30. The van der Waals surface area contributed by atoms with Crippen molar-refractivity contribution in [3.8, 4) is 17.2 Å². The second-order valence-corrected chi connectivity index (χ2v) is 6.73. The van der Waals surface area contributed by atoms with Crippen molar-refractivity contribution in [3.05, 3.63) is 71.5 Å². The molecule has 2 aromatic carbocycles. The summed E-state index contributed by atoms with van der Waals surface area (Å²) in [5.41, 5.74) is 3.66. The molecule has 6 heteroatoms. The van der Waals surface area contributed by atoms with Gasteiger partial charge < -0.3 is 14.4 Å². The number of nitrogens with zero attached hydrogens (tertiary/aromatic N) is 3. The molecule has 1 amide bonds. The van der Waals surface area contributed by atoms with Crippen LogP contribution in [0.25, 0.3) is 5.69 Å².